The van der Waals surface area contributed by atoms with E-state index >= 15 is 0 Å². The number of phenolic OH excluding ortho intramolecular Hbond substituents is 1. The highest BCUT2D eigenvalue weighted by atomic mass is 16.5. The molecule has 3 aromatic rings. The van der Waals surface area contributed by atoms with E-state index in [0.717, 1.165) is 5.56 Å². The summed E-state index contributed by atoms with van der Waals surface area (Å²) in [6.07, 6.45) is -0.793. The molecular formula is C23H21N3O4. The second-order valence-electron chi connectivity index (χ2n) is 6.83. The Bertz CT molecular complexity index is 1120. The Labute approximate surface area is 174 Å². The number of pyridine rings is 1. The molecule has 2 aromatic carbocycles. The van der Waals surface area contributed by atoms with E-state index in [4.69, 9.17) is 10.00 Å². The smallest absolute Gasteiger partial charge is 0.339 e. The lowest BCUT2D eigenvalue weighted by molar-refractivity contribution is -0.138. The number of benzene rings is 2. The number of nitrogens with zero attached hydrogens (tertiary/aromatic N) is 3. The van der Waals surface area contributed by atoms with Crippen LogP contribution in [-0.4, -0.2) is 46.6 Å². The molecule has 0 saturated heterocycles. The van der Waals surface area contributed by atoms with Gasteiger partial charge in [-0.2, -0.15) is 5.26 Å². The second kappa shape index (κ2) is 9.05. The van der Waals surface area contributed by atoms with Crippen molar-refractivity contribution in [3.05, 3.63) is 60.2 Å². The van der Waals surface area contributed by atoms with E-state index < -0.39 is 12.1 Å². The molecule has 0 aliphatic rings. The molecule has 0 saturated carbocycles. The number of hydrogen-bond donors (Lipinski definition) is 1. The van der Waals surface area contributed by atoms with Crippen LogP contribution in [0.2, 0.25) is 0 Å². The fourth-order valence-electron chi connectivity index (χ4n) is 3.04. The van der Waals surface area contributed by atoms with Crippen molar-refractivity contribution in [2.45, 2.75) is 19.4 Å². The molecule has 7 heteroatoms. The Morgan fingerprint density at radius 3 is 2.60 bits per heavy atom. The Hall–Kier alpha value is -3.92. The maximum Gasteiger partial charge on any atom is 0.339 e. The molecule has 0 radical (unpaired) electrons. The number of para-hydroxylation sites is 1. The molecule has 1 amide bonds. The number of aromatic nitrogens is 1. The van der Waals surface area contributed by atoms with Gasteiger partial charge in [0.25, 0.3) is 5.91 Å². The minimum absolute atomic E-state index is 0.132. The van der Waals surface area contributed by atoms with E-state index in [1.54, 1.807) is 55.6 Å². The first-order chi connectivity index (χ1) is 14.4. The van der Waals surface area contributed by atoms with Crippen LogP contribution in [-0.2, 0) is 9.53 Å². The Morgan fingerprint density at radius 1 is 1.20 bits per heavy atom. The number of esters is 1. The van der Waals surface area contributed by atoms with E-state index in [1.165, 1.54) is 11.8 Å². The predicted molar refractivity (Wildman–Crippen MR) is 112 cm³/mol. The summed E-state index contributed by atoms with van der Waals surface area (Å²) >= 11 is 0. The van der Waals surface area contributed by atoms with Crippen molar-refractivity contribution in [1.29, 1.82) is 5.26 Å². The van der Waals surface area contributed by atoms with E-state index in [1.807, 2.05) is 12.1 Å². The predicted octanol–water partition coefficient (Wildman–Crippen LogP) is 3.52. The molecule has 1 N–H and O–H groups in total. The number of nitriles is 1. The maximum absolute atomic E-state index is 12.9. The lowest BCUT2D eigenvalue weighted by atomic mass is 10.0. The summed E-state index contributed by atoms with van der Waals surface area (Å²) in [5.74, 6) is -0.883. The van der Waals surface area contributed by atoms with Crippen LogP contribution in [0.25, 0.3) is 22.2 Å². The lowest BCUT2D eigenvalue weighted by Gasteiger charge is -2.20. The number of phenols is 1. The number of carbonyl (C=O) groups is 2. The Kier molecular flexibility index (Phi) is 6.28. The molecule has 152 valence electrons. The standard InChI is InChI=1S/C23H21N3O4/c1-15(22(28)26(2)13-5-12-24)30-23(29)19-14-21(16-8-10-17(27)11-9-16)25-20-7-4-3-6-18(19)20/h3-4,6-11,14-15,27H,5,13H2,1-2H3/t15-/m1/s1. The average molecular weight is 403 g/mol. The Balaban J connectivity index is 1.92. The van der Waals surface area contributed by atoms with Gasteiger partial charge < -0.3 is 14.7 Å². The lowest BCUT2D eigenvalue weighted by Crippen LogP contribution is -2.37. The highest BCUT2D eigenvalue weighted by Crippen LogP contribution is 2.27. The molecule has 30 heavy (non-hydrogen) atoms. The van der Waals surface area contributed by atoms with Crippen molar-refractivity contribution in [3.63, 3.8) is 0 Å². The van der Waals surface area contributed by atoms with Crippen LogP contribution in [0, 0.1) is 11.3 Å². The van der Waals surface area contributed by atoms with Crippen molar-refractivity contribution in [2.75, 3.05) is 13.6 Å². The topological polar surface area (TPSA) is 104 Å². The van der Waals surface area contributed by atoms with Gasteiger partial charge in [-0.15, -0.1) is 0 Å². The largest absolute Gasteiger partial charge is 0.508 e. The van der Waals surface area contributed by atoms with Gasteiger partial charge >= 0.3 is 5.97 Å². The molecule has 0 spiro atoms. The van der Waals surface area contributed by atoms with Gasteiger partial charge in [-0.3, -0.25) is 4.79 Å². The normalized spacial score (nSPS) is 11.5. The zero-order chi connectivity index (χ0) is 21.7. The molecule has 7 nitrogen and oxygen atoms in total. The van der Waals surface area contributed by atoms with Crippen LogP contribution in [0.5, 0.6) is 5.75 Å². The average Bonchev–Trinajstić information content (AvgIpc) is 2.76. The summed E-state index contributed by atoms with van der Waals surface area (Å²) in [6, 6.07) is 17.3. The fourth-order valence-corrected chi connectivity index (χ4v) is 3.04. The number of aromatic hydroxyl groups is 1. The third kappa shape index (κ3) is 4.55. The molecule has 0 aliphatic carbocycles. The second-order valence-corrected chi connectivity index (χ2v) is 6.83. The summed E-state index contributed by atoms with van der Waals surface area (Å²) in [5, 5.41) is 18.8. The van der Waals surface area contributed by atoms with Crippen LogP contribution in [0.4, 0.5) is 0 Å². The van der Waals surface area contributed by atoms with Crippen LogP contribution >= 0.6 is 0 Å². The molecule has 0 bridgehead atoms. The zero-order valence-electron chi connectivity index (χ0n) is 16.7. The van der Waals surface area contributed by atoms with Crippen molar-refractivity contribution < 1.29 is 19.4 Å². The SMILES string of the molecule is C[C@@H](OC(=O)c1cc(-c2ccc(O)cc2)nc2ccccc12)C(=O)N(C)CCC#N. The van der Waals surface area contributed by atoms with Crippen LogP contribution < -0.4 is 0 Å². The quantitative estimate of drug-likeness (QED) is 0.632. The van der Waals surface area contributed by atoms with E-state index in [0.29, 0.717) is 22.2 Å². The van der Waals surface area contributed by atoms with Gasteiger partial charge in [-0.1, -0.05) is 18.2 Å². The van der Waals surface area contributed by atoms with Crippen molar-refractivity contribution >= 4 is 22.8 Å². The minimum atomic E-state index is -0.995. The third-order valence-electron chi connectivity index (χ3n) is 4.67. The molecule has 0 unspecified atom stereocenters. The molecule has 0 aliphatic heterocycles. The zero-order valence-corrected chi connectivity index (χ0v) is 16.7. The number of amides is 1. The van der Waals surface area contributed by atoms with Gasteiger partial charge in [0.2, 0.25) is 0 Å². The monoisotopic (exact) mass is 403 g/mol. The Morgan fingerprint density at radius 2 is 1.90 bits per heavy atom. The van der Waals surface area contributed by atoms with Gasteiger partial charge in [-0.25, -0.2) is 9.78 Å². The molecular weight excluding hydrogens is 382 g/mol. The van der Waals surface area contributed by atoms with Gasteiger partial charge in [0.05, 0.1) is 29.3 Å². The summed E-state index contributed by atoms with van der Waals surface area (Å²) in [4.78, 5) is 31.3. The van der Waals surface area contributed by atoms with Crippen LogP contribution in [0.3, 0.4) is 0 Å². The van der Waals surface area contributed by atoms with Crippen LogP contribution in [0.1, 0.15) is 23.7 Å². The van der Waals surface area contributed by atoms with Gasteiger partial charge in [0.1, 0.15) is 5.75 Å². The van der Waals surface area contributed by atoms with Crippen LogP contribution in [0.15, 0.2) is 54.6 Å². The molecule has 1 heterocycles. The third-order valence-corrected chi connectivity index (χ3v) is 4.67. The number of ether oxygens (including phenoxy) is 1. The maximum atomic E-state index is 12.9. The van der Waals surface area contributed by atoms with Crippen molar-refractivity contribution in [3.8, 4) is 23.1 Å². The molecule has 3 rings (SSSR count). The first-order valence-electron chi connectivity index (χ1n) is 9.43. The summed E-state index contributed by atoms with van der Waals surface area (Å²) in [7, 11) is 1.56. The molecule has 1 aromatic heterocycles. The van der Waals surface area contributed by atoms with E-state index in [2.05, 4.69) is 4.98 Å². The minimum Gasteiger partial charge on any atom is -0.508 e. The van der Waals surface area contributed by atoms with Crippen molar-refractivity contribution in [2.24, 2.45) is 0 Å². The summed E-state index contributed by atoms with van der Waals surface area (Å²) in [6.45, 7) is 1.77. The number of likely N-dealkylation sites (N-methyl/N-ethyl adjacent to an activating group) is 1. The van der Waals surface area contributed by atoms with E-state index in [-0.39, 0.29) is 24.6 Å². The first-order valence-corrected chi connectivity index (χ1v) is 9.43. The molecule has 0 fully saturated rings. The van der Waals surface area contributed by atoms with Gasteiger partial charge in [0, 0.05) is 24.5 Å². The summed E-state index contributed by atoms with van der Waals surface area (Å²) < 4.78 is 5.44. The number of hydrogen-bond acceptors (Lipinski definition) is 6. The summed E-state index contributed by atoms with van der Waals surface area (Å²) in [5.41, 5.74) is 2.18. The van der Waals surface area contributed by atoms with E-state index in [9.17, 15) is 14.7 Å². The van der Waals surface area contributed by atoms with Crippen molar-refractivity contribution in [1.82, 2.24) is 9.88 Å². The highest BCUT2D eigenvalue weighted by Gasteiger charge is 2.23. The fraction of sp³-hybridized carbons (Fsp3) is 0.217. The number of carbonyl (C=O) groups excluding carboxylic acids is 2. The van der Waals surface area contributed by atoms with Gasteiger partial charge in [0.15, 0.2) is 6.10 Å². The number of fused-ring (bicyclic) bond motifs is 1. The van der Waals surface area contributed by atoms with Gasteiger partial charge in [-0.05, 0) is 43.3 Å². The first kappa shape index (κ1) is 20.8. The highest BCUT2D eigenvalue weighted by molar-refractivity contribution is 6.05. The molecule has 1 atom stereocenters. The number of rotatable bonds is 6.